The summed E-state index contributed by atoms with van der Waals surface area (Å²) >= 11 is 0.142. The molecule has 7 N–H and O–H groups in total. The third-order valence-corrected chi connectivity index (χ3v) is 9.28. The molecule has 0 heterocycles. The Kier molecular flexibility index (Phi) is 21.0. The number of rotatable bonds is 21. The summed E-state index contributed by atoms with van der Waals surface area (Å²) in [6.45, 7) is 21.2. The number of carbonyl (C=O) groups is 8. The van der Waals surface area contributed by atoms with E-state index in [1.807, 2.05) is 33.5 Å². The van der Waals surface area contributed by atoms with E-state index in [4.69, 9.17) is 9.47 Å². The van der Waals surface area contributed by atoms with Gasteiger partial charge in [-0.3, -0.25) is 0 Å². The molecule has 0 aromatic heterocycles. The zero-order valence-corrected chi connectivity index (χ0v) is 37.1. The van der Waals surface area contributed by atoms with E-state index in [-0.39, 0.29) is 46.1 Å². The van der Waals surface area contributed by atoms with Crippen molar-refractivity contribution < 1.29 is 47.8 Å². The molecule has 0 aliphatic rings. The third kappa shape index (κ3) is 19.5. The van der Waals surface area contributed by atoms with E-state index in [0.717, 1.165) is 0 Å². The number of ether oxygens (including phenoxy) is 2. The van der Waals surface area contributed by atoms with E-state index in [2.05, 4.69) is 37.2 Å². The topological polar surface area (TPSA) is 239 Å². The number of carbonyl (C=O) groups excluding carboxylic acids is 8. The molecule has 0 bridgehead atoms. The second-order valence-electron chi connectivity index (χ2n) is 16.5. The zero-order chi connectivity index (χ0) is 43.1. The van der Waals surface area contributed by atoms with E-state index in [1.54, 1.807) is 20.8 Å². The number of hydrogen-bond donors (Lipinski definition) is 7. The van der Waals surface area contributed by atoms with Gasteiger partial charge in [0.2, 0.25) is 0 Å². The van der Waals surface area contributed by atoms with Crippen LogP contribution in [0.25, 0.3) is 0 Å². The predicted octanol–water partition coefficient (Wildman–Crippen LogP) is 1.47. The van der Waals surface area contributed by atoms with Gasteiger partial charge in [0.15, 0.2) is 0 Å². The molecule has 18 heteroatoms. The maximum absolute atomic E-state index is 13.6. The first-order valence-electron chi connectivity index (χ1n) is 18.5. The van der Waals surface area contributed by atoms with Crippen LogP contribution in [0.2, 0.25) is 11.1 Å². The number of alkyl carbamates (subject to hydrolysis) is 1. The Hall–Kier alpha value is -3.92. The van der Waals surface area contributed by atoms with Gasteiger partial charge in [-0.25, -0.2) is 9.59 Å². The number of nitrogens with one attached hydrogen (secondary N) is 7. The molecule has 0 radical (unpaired) electrons. The molecule has 7 amide bonds. The Morgan fingerprint density at radius 3 is 1.40 bits per heavy atom. The van der Waals surface area contributed by atoms with Gasteiger partial charge in [0.05, 0.1) is 7.11 Å². The van der Waals surface area contributed by atoms with Crippen molar-refractivity contribution in [1.29, 1.82) is 0 Å². The van der Waals surface area contributed by atoms with Crippen LogP contribution in [0.5, 0.6) is 0 Å². The first-order chi connectivity index (χ1) is 25.1. The van der Waals surface area contributed by atoms with E-state index in [0.29, 0.717) is 5.32 Å². The van der Waals surface area contributed by atoms with Gasteiger partial charge in [0.1, 0.15) is 5.60 Å². The fourth-order valence-electron chi connectivity index (χ4n) is 4.93. The van der Waals surface area contributed by atoms with E-state index in [9.17, 15) is 38.4 Å². The van der Waals surface area contributed by atoms with Crippen molar-refractivity contribution >= 4 is 62.5 Å². The summed E-state index contributed by atoms with van der Waals surface area (Å²) in [6, 6.07) is -5.30. The Labute approximate surface area is 333 Å². The maximum atomic E-state index is 13.6. The van der Waals surface area contributed by atoms with Crippen molar-refractivity contribution in [2.24, 2.45) is 11.8 Å². The van der Waals surface area contributed by atoms with E-state index >= 15 is 0 Å². The summed E-state index contributed by atoms with van der Waals surface area (Å²) in [7, 11) is 1.20. The predicted molar refractivity (Wildman–Crippen MR) is 209 cm³/mol. The van der Waals surface area contributed by atoms with Gasteiger partial charge in [-0.2, -0.15) is 0 Å². The number of methoxy groups -OCH3 is 1. The molecule has 0 saturated heterocycles. The van der Waals surface area contributed by atoms with E-state index in [1.165, 1.54) is 48.7 Å². The zero-order valence-electron chi connectivity index (χ0n) is 35.4. The molecule has 316 valence electrons. The fourth-order valence-corrected chi connectivity index (χ4v) is 5.91. The van der Waals surface area contributed by atoms with Crippen LogP contribution < -0.4 is 37.2 Å². The summed E-state index contributed by atoms with van der Waals surface area (Å²) in [5.74, 6) is -2.60. The van der Waals surface area contributed by atoms with Gasteiger partial charge in [-0.05, 0) is 41.5 Å². The van der Waals surface area contributed by atoms with Gasteiger partial charge in [-0.15, -0.1) is 0 Å². The minimum Gasteiger partial charge on any atom is -0.444 e. The molecule has 0 saturated carbocycles. The number of amides is 7. The Bertz CT molecular complexity index is 1360. The van der Waals surface area contributed by atoms with Crippen LogP contribution in [0.15, 0.2) is 0 Å². The van der Waals surface area contributed by atoms with Gasteiger partial charge in [0.25, 0.3) is 0 Å². The minimum atomic E-state index is -1.55. The van der Waals surface area contributed by atoms with Crippen molar-refractivity contribution in [3.05, 3.63) is 0 Å². The molecule has 0 unspecified atom stereocenters. The number of esters is 1. The van der Waals surface area contributed by atoms with Crippen LogP contribution in [-0.4, -0.2) is 116 Å². The minimum absolute atomic E-state index is 0.0109. The van der Waals surface area contributed by atoms with Crippen LogP contribution in [0.4, 0.5) is 4.79 Å². The fraction of sp³-hybridized carbons (Fsp3) is 0.784. The van der Waals surface area contributed by atoms with Crippen molar-refractivity contribution in [2.45, 2.75) is 167 Å². The first-order valence-corrected chi connectivity index (χ1v) is 21.4. The summed E-state index contributed by atoms with van der Waals surface area (Å²) in [5.41, 5.74) is -3.68. The van der Waals surface area contributed by atoms with Crippen molar-refractivity contribution in [2.75, 3.05) is 7.11 Å². The summed E-state index contributed by atoms with van der Waals surface area (Å²) in [5, 5.41) is 19.0. The summed E-state index contributed by atoms with van der Waals surface area (Å²) in [4.78, 5) is 104. The molecule has 0 aliphatic carbocycles. The van der Waals surface area contributed by atoms with Gasteiger partial charge in [0, 0.05) is 0 Å². The molecule has 0 rings (SSSR count). The standard InChI is InChI=1S/C37H67N7O10Se/c1-20(2)18-25(41-28(46)23(6)39-34(52)54-35(7,8)9)30(48)43-36(10,11)32(50)42-24(16-17-55-15)29(47)38-22(5)27(45)40-26(19-21(3)4)31(49)44-37(12,13)33(51)53-14/h20-26H,16-19H2,1-15H3,(H,38,47)(H,39,52)(H,40,45)(H,41,46)(H,42,50)(H,43,48)(H,44,49)/t22-,23-,24-,25-,26-/m0/s1. The van der Waals surface area contributed by atoms with E-state index < -0.39 is 94.4 Å². The van der Waals surface area contributed by atoms with Gasteiger partial charge >= 0.3 is 255 Å². The van der Waals surface area contributed by atoms with Crippen molar-refractivity contribution in [1.82, 2.24) is 37.2 Å². The average Bonchev–Trinajstić information content (AvgIpc) is 3.03. The summed E-state index contributed by atoms with van der Waals surface area (Å²) < 4.78 is 9.96. The molecular formula is C37H67N7O10Se. The van der Waals surface area contributed by atoms with Crippen molar-refractivity contribution in [3.63, 3.8) is 0 Å². The molecule has 0 fully saturated rings. The number of hydrogen-bond acceptors (Lipinski definition) is 10. The molecule has 0 aliphatic heterocycles. The second kappa shape index (κ2) is 22.6. The Morgan fingerprint density at radius 1 is 0.564 bits per heavy atom. The van der Waals surface area contributed by atoms with Crippen molar-refractivity contribution in [3.8, 4) is 0 Å². The Balaban J connectivity index is 5.83. The molecule has 0 spiro atoms. The van der Waals surface area contributed by atoms with Gasteiger partial charge < -0.3 is 14.8 Å². The van der Waals surface area contributed by atoms with Crippen LogP contribution in [0, 0.1) is 11.8 Å². The third-order valence-electron chi connectivity index (χ3n) is 7.93. The van der Waals surface area contributed by atoms with Gasteiger partial charge in [-0.1, -0.05) is 0 Å². The normalized spacial score (nSPS) is 14.6. The Morgan fingerprint density at radius 2 is 1.00 bits per heavy atom. The van der Waals surface area contributed by atoms with Crippen LogP contribution >= 0.6 is 0 Å². The smallest absolute Gasteiger partial charge is 0.444 e. The molecule has 0 aromatic rings. The SMILES string of the molecule is COC(=O)C(C)(C)NC(=O)[C@H](CC(C)C)NC(=O)[C@H](C)NC(=O)[C@H](CC[Se]C)NC(=O)C(C)(C)NC(=O)[C@H](CC(C)C)NC(=O)[C@H](C)NC(=O)OC(C)(C)C. The van der Waals surface area contributed by atoms with Crippen LogP contribution in [0.1, 0.15) is 109 Å². The quantitative estimate of drug-likeness (QED) is 0.0649. The van der Waals surface area contributed by atoms with Crippen LogP contribution in [-0.2, 0) is 43.0 Å². The van der Waals surface area contributed by atoms with Crippen LogP contribution in [0.3, 0.4) is 0 Å². The molecule has 55 heavy (non-hydrogen) atoms. The first kappa shape index (κ1) is 51.1. The molecular weight excluding hydrogens is 781 g/mol. The summed E-state index contributed by atoms with van der Waals surface area (Å²) in [6.07, 6.45) is -0.0741. The molecule has 17 nitrogen and oxygen atoms in total. The molecule has 5 atom stereocenters. The monoisotopic (exact) mass is 849 g/mol. The average molecular weight is 849 g/mol. The molecule has 0 aromatic carbocycles. The second-order valence-corrected chi connectivity index (χ2v) is 18.6.